The monoisotopic (exact) mass is 175 g/mol. The van der Waals surface area contributed by atoms with Crippen molar-refractivity contribution in [2.45, 2.75) is 26.7 Å². The first kappa shape index (κ1) is 8.61. The van der Waals surface area contributed by atoms with Crippen LogP contribution in [0.3, 0.4) is 0 Å². The maximum absolute atomic E-state index is 3.54. The van der Waals surface area contributed by atoms with E-state index in [9.17, 15) is 0 Å². The quantitative estimate of drug-likeness (QED) is 0.639. The van der Waals surface area contributed by atoms with E-state index < -0.39 is 0 Å². The molecule has 1 aromatic carbocycles. The van der Waals surface area contributed by atoms with Crippen LogP contribution in [0.5, 0.6) is 0 Å². The summed E-state index contributed by atoms with van der Waals surface area (Å²) in [6.45, 7) is 5.62. The third kappa shape index (κ3) is 1.69. The summed E-state index contributed by atoms with van der Waals surface area (Å²) in [5.41, 5.74) is 4.25. The lowest BCUT2D eigenvalue weighted by Crippen LogP contribution is -2.08. The van der Waals surface area contributed by atoms with E-state index in [0.717, 1.165) is 12.5 Å². The molecule has 70 valence electrons. The van der Waals surface area contributed by atoms with Crippen LogP contribution in [0.15, 0.2) is 18.2 Å². The van der Waals surface area contributed by atoms with Gasteiger partial charge in [-0.05, 0) is 36.8 Å². The summed E-state index contributed by atoms with van der Waals surface area (Å²) in [6, 6.07) is 6.58. The molecule has 1 heterocycles. The Bertz CT molecular complexity index is 304. The zero-order chi connectivity index (χ0) is 9.26. The molecule has 0 saturated heterocycles. The molecule has 1 heteroatoms. The maximum atomic E-state index is 3.54. The minimum Gasteiger partial charge on any atom is -0.384 e. The Labute approximate surface area is 80.2 Å². The summed E-state index contributed by atoms with van der Waals surface area (Å²) < 4.78 is 0. The van der Waals surface area contributed by atoms with Crippen molar-refractivity contribution in [3.05, 3.63) is 29.3 Å². The van der Waals surface area contributed by atoms with Crippen molar-refractivity contribution in [1.82, 2.24) is 0 Å². The standard InChI is InChI=1S/C12H17N/c1-9-6-7-11-5-3-4-10(2)12(11)13-8-9/h3-5,9,13H,6-8H2,1-2H3. The first-order chi connectivity index (χ1) is 6.27. The van der Waals surface area contributed by atoms with E-state index in [4.69, 9.17) is 0 Å². The smallest absolute Gasteiger partial charge is 0.0402 e. The van der Waals surface area contributed by atoms with Crippen molar-refractivity contribution in [3.63, 3.8) is 0 Å². The van der Waals surface area contributed by atoms with Crippen LogP contribution in [-0.4, -0.2) is 6.54 Å². The van der Waals surface area contributed by atoms with E-state index in [0.29, 0.717) is 0 Å². The van der Waals surface area contributed by atoms with Crippen molar-refractivity contribution >= 4 is 5.69 Å². The molecule has 1 N–H and O–H groups in total. The zero-order valence-corrected chi connectivity index (χ0v) is 8.43. The molecule has 0 radical (unpaired) electrons. The Balaban J connectivity index is 2.35. The van der Waals surface area contributed by atoms with Gasteiger partial charge in [-0.25, -0.2) is 0 Å². The SMILES string of the molecule is Cc1cccc2c1NCC(C)CC2. The van der Waals surface area contributed by atoms with Crippen LogP contribution in [0.2, 0.25) is 0 Å². The summed E-state index contributed by atoms with van der Waals surface area (Å²) in [6.07, 6.45) is 2.54. The van der Waals surface area contributed by atoms with E-state index in [2.05, 4.69) is 37.4 Å². The van der Waals surface area contributed by atoms with Gasteiger partial charge in [0.25, 0.3) is 0 Å². The molecule has 13 heavy (non-hydrogen) atoms. The normalized spacial score (nSPS) is 21.5. The lowest BCUT2D eigenvalue weighted by molar-refractivity contribution is 0.571. The van der Waals surface area contributed by atoms with E-state index >= 15 is 0 Å². The molecule has 1 aromatic rings. The van der Waals surface area contributed by atoms with Gasteiger partial charge < -0.3 is 5.32 Å². The number of rotatable bonds is 0. The van der Waals surface area contributed by atoms with Gasteiger partial charge in [-0.2, -0.15) is 0 Å². The molecule has 0 aromatic heterocycles. The number of para-hydroxylation sites is 1. The van der Waals surface area contributed by atoms with Crippen LogP contribution in [0.25, 0.3) is 0 Å². The van der Waals surface area contributed by atoms with Crippen LogP contribution in [0.1, 0.15) is 24.5 Å². The first-order valence-corrected chi connectivity index (χ1v) is 5.09. The van der Waals surface area contributed by atoms with Crippen LogP contribution < -0.4 is 5.32 Å². The molecule has 0 saturated carbocycles. The minimum atomic E-state index is 0.798. The van der Waals surface area contributed by atoms with Gasteiger partial charge >= 0.3 is 0 Å². The number of hydrogen-bond acceptors (Lipinski definition) is 1. The molecule has 0 spiro atoms. The average Bonchev–Trinajstić information content (AvgIpc) is 2.30. The number of aryl methyl sites for hydroxylation is 2. The van der Waals surface area contributed by atoms with Crippen molar-refractivity contribution in [3.8, 4) is 0 Å². The molecule has 0 fully saturated rings. The third-order valence-corrected chi connectivity index (χ3v) is 2.89. The predicted molar refractivity (Wildman–Crippen MR) is 57.2 cm³/mol. The molecule has 1 nitrogen and oxygen atoms in total. The summed E-state index contributed by atoms with van der Waals surface area (Å²) in [7, 11) is 0. The van der Waals surface area contributed by atoms with E-state index in [1.54, 1.807) is 0 Å². The Morgan fingerprint density at radius 3 is 3.08 bits per heavy atom. The second-order valence-corrected chi connectivity index (χ2v) is 4.13. The lowest BCUT2D eigenvalue weighted by Gasteiger charge is -2.11. The van der Waals surface area contributed by atoms with Crippen molar-refractivity contribution in [2.24, 2.45) is 5.92 Å². The molecule has 2 rings (SSSR count). The number of benzene rings is 1. The van der Waals surface area contributed by atoms with Gasteiger partial charge in [0.05, 0.1) is 0 Å². The minimum absolute atomic E-state index is 0.798. The van der Waals surface area contributed by atoms with E-state index in [1.807, 2.05) is 0 Å². The fourth-order valence-corrected chi connectivity index (χ4v) is 1.97. The second-order valence-electron chi connectivity index (χ2n) is 4.13. The van der Waals surface area contributed by atoms with Gasteiger partial charge in [-0.1, -0.05) is 25.1 Å². The Hall–Kier alpha value is -0.980. The highest BCUT2D eigenvalue weighted by atomic mass is 14.9. The van der Waals surface area contributed by atoms with Gasteiger partial charge in [0.15, 0.2) is 0 Å². The van der Waals surface area contributed by atoms with Crippen molar-refractivity contribution in [2.75, 3.05) is 11.9 Å². The number of fused-ring (bicyclic) bond motifs is 1. The number of hydrogen-bond donors (Lipinski definition) is 1. The molecular formula is C12H17N. The van der Waals surface area contributed by atoms with E-state index in [1.165, 1.54) is 29.7 Å². The molecule has 1 aliphatic rings. The average molecular weight is 175 g/mol. The zero-order valence-electron chi connectivity index (χ0n) is 8.43. The first-order valence-electron chi connectivity index (χ1n) is 5.09. The van der Waals surface area contributed by atoms with Gasteiger partial charge in [-0.15, -0.1) is 0 Å². The molecule has 0 bridgehead atoms. The fourth-order valence-electron chi connectivity index (χ4n) is 1.97. The third-order valence-electron chi connectivity index (χ3n) is 2.89. The van der Waals surface area contributed by atoms with Crippen LogP contribution >= 0.6 is 0 Å². The lowest BCUT2D eigenvalue weighted by atomic mass is 10.0. The Morgan fingerprint density at radius 1 is 1.38 bits per heavy atom. The number of anilines is 1. The molecular weight excluding hydrogens is 158 g/mol. The van der Waals surface area contributed by atoms with Crippen molar-refractivity contribution in [1.29, 1.82) is 0 Å². The van der Waals surface area contributed by atoms with Crippen molar-refractivity contribution < 1.29 is 0 Å². The molecule has 1 atom stereocenters. The van der Waals surface area contributed by atoms with E-state index in [-0.39, 0.29) is 0 Å². The summed E-state index contributed by atoms with van der Waals surface area (Å²) in [5.74, 6) is 0.798. The summed E-state index contributed by atoms with van der Waals surface area (Å²) >= 11 is 0. The summed E-state index contributed by atoms with van der Waals surface area (Å²) in [4.78, 5) is 0. The Morgan fingerprint density at radius 2 is 2.23 bits per heavy atom. The van der Waals surface area contributed by atoms with Gasteiger partial charge in [0, 0.05) is 12.2 Å². The Kier molecular flexibility index (Phi) is 2.26. The van der Waals surface area contributed by atoms with Crippen LogP contribution in [0.4, 0.5) is 5.69 Å². The highest BCUT2D eigenvalue weighted by Crippen LogP contribution is 2.26. The fraction of sp³-hybridized carbons (Fsp3) is 0.500. The topological polar surface area (TPSA) is 12.0 Å². The van der Waals surface area contributed by atoms with Gasteiger partial charge in [0.2, 0.25) is 0 Å². The van der Waals surface area contributed by atoms with Gasteiger partial charge in [-0.3, -0.25) is 0 Å². The molecule has 1 aliphatic heterocycles. The summed E-state index contributed by atoms with van der Waals surface area (Å²) in [5, 5.41) is 3.54. The highest BCUT2D eigenvalue weighted by Gasteiger charge is 2.12. The van der Waals surface area contributed by atoms with Crippen LogP contribution in [-0.2, 0) is 6.42 Å². The maximum Gasteiger partial charge on any atom is 0.0402 e. The highest BCUT2D eigenvalue weighted by molar-refractivity contribution is 5.57. The second kappa shape index (κ2) is 3.41. The number of nitrogens with one attached hydrogen (secondary N) is 1. The van der Waals surface area contributed by atoms with Crippen LogP contribution in [0, 0.1) is 12.8 Å². The molecule has 0 aliphatic carbocycles. The largest absolute Gasteiger partial charge is 0.384 e. The molecule has 1 unspecified atom stereocenters. The van der Waals surface area contributed by atoms with Gasteiger partial charge in [0.1, 0.15) is 0 Å². The molecule has 0 amide bonds. The predicted octanol–water partition coefficient (Wildman–Crippen LogP) is 2.99.